The molecular formula is C21H15ClF3N5O5. The van der Waals surface area contributed by atoms with Gasteiger partial charge in [-0.25, -0.2) is 4.79 Å². The maximum atomic E-state index is 13.2. The number of imide groups is 1. The molecule has 1 fully saturated rings. The van der Waals surface area contributed by atoms with Crippen molar-refractivity contribution in [3.8, 4) is 11.5 Å². The van der Waals surface area contributed by atoms with E-state index in [-0.39, 0.29) is 23.2 Å². The Morgan fingerprint density at radius 2 is 1.86 bits per heavy atom. The molecule has 0 radical (unpaired) electrons. The lowest BCUT2D eigenvalue weighted by molar-refractivity contribution is -0.150. The van der Waals surface area contributed by atoms with Crippen LogP contribution in [0.15, 0.2) is 46.9 Å². The van der Waals surface area contributed by atoms with Crippen molar-refractivity contribution >= 4 is 41.2 Å². The highest BCUT2D eigenvalue weighted by atomic mass is 35.5. The lowest BCUT2D eigenvalue weighted by Gasteiger charge is -2.37. The molecule has 182 valence electrons. The molecule has 35 heavy (non-hydrogen) atoms. The quantitative estimate of drug-likeness (QED) is 0.496. The number of carboxylic acid groups (broad SMARTS) is 1. The third-order valence-corrected chi connectivity index (χ3v) is 5.71. The highest BCUT2D eigenvalue weighted by Gasteiger charge is 2.44. The molecule has 0 bridgehead atoms. The van der Waals surface area contributed by atoms with Crippen LogP contribution in [0.3, 0.4) is 0 Å². The first-order chi connectivity index (χ1) is 16.5. The first-order valence-corrected chi connectivity index (χ1v) is 10.2. The Bertz CT molecular complexity index is 1310. The zero-order chi connectivity index (χ0) is 25.5. The first-order valence-electron chi connectivity index (χ1n) is 9.87. The summed E-state index contributed by atoms with van der Waals surface area (Å²) in [6.45, 7) is -1.13. The molecule has 14 heteroatoms. The maximum absolute atomic E-state index is 13.2. The van der Waals surface area contributed by atoms with Crippen LogP contribution in [0.2, 0.25) is 5.02 Å². The molecule has 1 saturated heterocycles. The van der Waals surface area contributed by atoms with Crippen LogP contribution in [0, 0.1) is 5.92 Å². The topological polar surface area (TPSA) is 143 Å². The molecule has 0 aliphatic carbocycles. The van der Waals surface area contributed by atoms with E-state index in [1.807, 2.05) is 0 Å². The number of aliphatic carboxylic acids is 1. The summed E-state index contributed by atoms with van der Waals surface area (Å²) >= 11 is 5.91. The molecule has 10 nitrogen and oxygen atoms in total. The van der Waals surface area contributed by atoms with E-state index in [1.165, 1.54) is 30.3 Å². The Labute approximate surface area is 199 Å². The average Bonchev–Trinajstić information content (AvgIpc) is 3.23. The molecule has 1 atom stereocenters. The number of amides is 3. The maximum Gasteiger partial charge on any atom is 0.417 e. The minimum absolute atomic E-state index is 0.110. The van der Waals surface area contributed by atoms with Crippen molar-refractivity contribution in [2.24, 2.45) is 5.92 Å². The van der Waals surface area contributed by atoms with Gasteiger partial charge >= 0.3 is 24.2 Å². The standard InChI is InChI=1S/C21H15ClF3N5O5/c22-15-11(2-1-3-14(15)21(23,24)25)8-30-17(31)13(18(32)33)9-29(20(30)34)12-6-4-10(5-7-12)16-27-28-19(26)35-16/h1-7,13H,8-9H2,(H2,26,28)(H,32,33). The van der Waals surface area contributed by atoms with Crippen molar-refractivity contribution in [3.05, 3.63) is 58.6 Å². The Kier molecular flexibility index (Phi) is 6.11. The van der Waals surface area contributed by atoms with E-state index in [2.05, 4.69) is 10.2 Å². The number of aromatic nitrogens is 2. The second-order valence-electron chi connectivity index (χ2n) is 7.48. The summed E-state index contributed by atoms with van der Waals surface area (Å²) in [7, 11) is 0. The van der Waals surface area contributed by atoms with E-state index in [4.69, 9.17) is 21.8 Å². The first kappa shape index (κ1) is 24.0. The minimum Gasteiger partial charge on any atom is -0.481 e. The summed E-state index contributed by atoms with van der Waals surface area (Å²) < 4.78 is 44.8. The van der Waals surface area contributed by atoms with Crippen LogP contribution in [0.25, 0.3) is 11.5 Å². The Morgan fingerprint density at radius 3 is 2.43 bits per heavy atom. The number of urea groups is 1. The molecule has 4 rings (SSSR count). The zero-order valence-electron chi connectivity index (χ0n) is 17.5. The second kappa shape index (κ2) is 8.91. The summed E-state index contributed by atoms with van der Waals surface area (Å²) in [6.07, 6.45) is -4.76. The molecule has 0 saturated carbocycles. The number of hydrogen-bond acceptors (Lipinski definition) is 7. The molecule has 1 aliphatic rings. The highest BCUT2D eigenvalue weighted by molar-refractivity contribution is 6.32. The molecule has 2 heterocycles. The van der Waals surface area contributed by atoms with Crippen LogP contribution in [-0.4, -0.2) is 44.7 Å². The predicted molar refractivity (Wildman–Crippen MR) is 115 cm³/mol. The van der Waals surface area contributed by atoms with Crippen LogP contribution >= 0.6 is 11.6 Å². The van der Waals surface area contributed by atoms with Gasteiger partial charge < -0.3 is 15.3 Å². The van der Waals surface area contributed by atoms with Gasteiger partial charge in [0.25, 0.3) is 0 Å². The van der Waals surface area contributed by atoms with Gasteiger partial charge in [0.2, 0.25) is 11.8 Å². The Morgan fingerprint density at radius 1 is 1.17 bits per heavy atom. The number of hydrogen-bond donors (Lipinski definition) is 2. The van der Waals surface area contributed by atoms with E-state index < -0.39 is 53.7 Å². The number of alkyl halides is 3. The third-order valence-electron chi connectivity index (χ3n) is 5.27. The smallest absolute Gasteiger partial charge is 0.417 e. The molecule has 3 aromatic rings. The summed E-state index contributed by atoms with van der Waals surface area (Å²) in [6, 6.07) is 7.92. The van der Waals surface area contributed by atoms with E-state index in [0.717, 1.165) is 17.0 Å². The van der Waals surface area contributed by atoms with Gasteiger partial charge in [0.1, 0.15) is 0 Å². The van der Waals surface area contributed by atoms with Gasteiger partial charge in [-0.15, -0.1) is 5.10 Å². The van der Waals surface area contributed by atoms with Gasteiger partial charge in [-0.2, -0.15) is 13.2 Å². The number of rotatable bonds is 5. The van der Waals surface area contributed by atoms with Gasteiger partial charge in [-0.1, -0.05) is 28.8 Å². The summed E-state index contributed by atoms with van der Waals surface area (Å²) in [5, 5.41) is 16.1. The molecule has 0 spiro atoms. The van der Waals surface area contributed by atoms with E-state index in [1.54, 1.807) is 0 Å². The predicted octanol–water partition coefficient (Wildman–Crippen LogP) is 3.66. The van der Waals surface area contributed by atoms with E-state index >= 15 is 0 Å². The Balaban J connectivity index is 1.67. The van der Waals surface area contributed by atoms with Crippen molar-refractivity contribution in [1.29, 1.82) is 0 Å². The number of nitrogen functional groups attached to an aromatic ring is 1. The highest BCUT2D eigenvalue weighted by Crippen LogP contribution is 2.37. The summed E-state index contributed by atoms with van der Waals surface area (Å²) in [5.41, 5.74) is 4.78. The number of carbonyl (C=O) groups is 3. The van der Waals surface area contributed by atoms with Crippen LogP contribution < -0.4 is 10.6 Å². The average molecular weight is 510 g/mol. The fourth-order valence-corrected chi connectivity index (χ4v) is 3.83. The second-order valence-corrected chi connectivity index (χ2v) is 7.86. The Hall–Kier alpha value is -4.13. The number of benzene rings is 2. The normalized spacial score (nSPS) is 16.6. The third kappa shape index (κ3) is 4.62. The van der Waals surface area contributed by atoms with Gasteiger partial charge in [-0.3, -0.25) is 19.4 Å². The SMILES string of the molecule is Nc1nnc(-c2ccc(N3CC(C(=O)O)C(=O)N(Cc4cccc(C(F)(F)F)c4Cl)C3=O)cc2)o1. The van der Waals surface area contributed by atoms with Gasteiger partial charge in [0.05, 0.1) is 17.1 Å². The zero-order valence-corrected chi connectivity index (χ0v) is 18.2. The molecule has 3 amide bonds. The van der Waals surface area contributed by atoms with E-state index in [0.29, 0.717) is 10.5 Å². The number of nitrogens with two attached hydrogens (primary N) is 1. The van der Waals surface area contributed by atoms with Crippen molar-refractivity contribution in [1.82, 2.24) is 15.1 Å². The summed E-state index contributed by atoms with van der Waals surface area (Å²) in [5.74, 6) is -4.10. The largest absolute Gasteiger partial charge is 0.481 e. The monoisotopic (exact) mass is 509 g/mol. The van der Waals surface area contributed by atoms with Gasteiger partial charge in [0, 0.05) is 17.8 Å². The molecular weight excluding hydrogens is 495 g/mol. The van der Waals surface area contributed by atoms with Crippen LogP contribution in [0.5, 0.6) is 0 Å². The number of carboxylic acids is 1. The fraction of sp³-hybridized carbons (Fsp3) is 0.190. The van der Waals surface area contributed by atoms with Crippen molar-refractivity contribution < 1.29 is 37.1 Å². The summed E-state index contributed by atoms with van der Waals surface area (Å²) in [4.78, 5) is 39.3. The van der Waals surface area contributed by atoms with Crippen LogP contribution in [0.1, 0.15) is 11.1 Å². The fourth-order valence-electron chi connectivity index (χ4n) is 3.54. The minimum atomic E-state index is -4.76. The molecule has 1 aromatic heterocycles. The number of anilines is 2. The lowest BCUT2D eigenvalue weighted by atomic mass is 10.0. The number of carbonyl (C=O) groups excluding carboxylic acids is 2. The van der Waals surface area contributed by atoms with Crippen molar-refractivity contribution in [2.75, 3.05) is 17.2 Å². The lowest BCUT2D eigenvalue weighted by Crippen LogP contribution is -2.58. The van der Waals surface area contributed by atoms with Crippen LogP contribution in [0.4, 0.5) is 29.7 Å². The molecule has 1 unspecified atom stereocenters. The van der Waals surface area contributed by atoms with Crippen molar-refractivity contribution in [3.63, 3.8) is 0 Å². The van der Waals surface area contributed by atoms with Crippen molar-refractivity contribution in [2.45, 2.75) is 12.7 Å². The number of halogens is 4. The number of nitrogens with zero attached hydrogens (tertiary/aromatic N) is 4. The molecule has 1 aliphatic heterocycles. The molecule has 3 N–H and O–H groups in total. The van der Waals surface area contributed by atoms with Gasteiger partial charge in [-0.05, 0) is 35.9 Å². The molecule has 2 aromatic carbocycles. The van der Waals surface area contributed by atoms with Crippen LogP contribution in [-0.2, 0) is 22.3 Å². The van der Waals surface area contributed by atoms with Gasteiger partial charge in [0.15, 0.2) is 5.92 Å². The van der Waals surface area contributed by atoms with E-state index in [9.17, 15) is 32.7 Å².